The van der Waals surface area contributed by atoms with Crippen LogP contribution in [0.25, 0.3) is 0 Å². The lowest BCUT2D eigenvalue weighted by Gasteiger charge is -2.32. The lowest BCUT2D eigenvalue weighted by molar-refractivity contribution is -0.117. The molecule has 2 N–H and O–H groups in total. The van der Waals surface area contributed by atoms with Crippen LogP contribution in [0.2, 0.25) is 0 Å². The van der Waals surface area contributed by atoms with Gasteiger partial charge in [0.25, 0.3) is 0 Å². The fourth-order valence-electron chi connectivity index (χ4n) is 2.78. The van der Waals surface area contributed by atoms with Crippen LogP contribution in [0.3, 0.4) is 0 Å². The predicted octanol–water partition coefficient (Wildman–Crippen LogP) is 2.71. The zero-order valence-electron chi connectivity index (χ0n) is 12.6. The van der Waals surface area contributed by atoms with Crippen molar-refractivity contribution in [3.8, 4) is 0 Å². The number of piperidine rings is 1. The molecule has 1 fully saturated rings. The highest BCUT2D eigenvalue weighted by atomic mass is 79.9. The van der Waals surface area contributed by atoms with E-state index in [0.29, 0.717) is 12.5 Å². The fraction of sp³-hybridized carbons (Fsp3) is 0.562. The standard InChI is InChI=1S/C16H24BrN3O/c1-2-18-10-13-5-4-8-20(11-13)12-16(21)19-15-7-3-6-14(17)9-15/h3,6-7,9,13,18H,2,4-5,8,10-12H2,1H3,(H,19,21). The number of rotatable bonds is 6. The van der Waals surface area contributed by atoms with Crippen molar-refractivity contribution in [3.63, 3.8) is 0 Å². The summed E-state index contributed by atoms with van der Waals surface area (Å²) in [4.78, 5) is 14.4. The molecular formula is C16H24BrN3O. The van der Waals surface area contributed by atoms with Gasteiger partial charge in [-0.15, -0.1) is 0 Å². The summed E-state index contributed by atoms with van der Waals surface area (Å²) in [6.45, 7) is 6.72. The van der Waals surface area contributed by atoms with E-state index in [1.54, 1.807) is 0 Å². The summed E-state index contributed by atoms with van der Waals surface area (Å²) in [5, 5.41) is 6.37. The van der Waals surface area contributed by atoms with E-state index in [9.17, 15) is 4.79 Å². The molecule has 1 aliphatic heterocycles. The Kier molecular flexibility index (Phi) is 6.67. The molecule has 0 aliphatic carbocycles. The minimum atomic E-state index is 0.0669. The van der Waals surface area contributed by atoms with Gasteiger partial charge in [0.05, 0.1) is 6.54 Å². The SMILES string of the molecule is CCNCC1CCCN(CC(=O)Nc2cccc(Br)c2)C1. The maximum atomic E-state index is 12.1. The van der Waals surface area contributed by atoms with Crippen LogP contribution < -0.4 is 10.6 Å². The van der Waals surface area contributed by atoms with Gasteiger partial charge in [-0.05, 0) is 56.6 Å². The van der Waals surface area contributed by atoms with Crippen molar-refractivity contribution < 1.29 is 4.79 Å². The number of hydrogen-bond acceptors (Lipinski definition) is 3. The van der Waals surface area contributed by atoms with Gasteiger partial charge in [0.2, 0.25) is 5.91 Å². The van der Waals surface area contributed by atoms with E-state index < -0.39 is 0 Å². The lowest BCUT2D eigenvalue weighted by Crippen LogP contribution is -2.43. The molecular weight excluding hydrogens is 330 g/mol. The first-order valence-electron chi connectivity index (χ1n) is 7.66. The van der Waals surface area contributed by atoms with Gasteiger partial charge < -0.3 is 10.6 Å². The van der Waals surface area contributed by atoms with E-state index in [-0.39, 0.29) is 5.91 Å². The molecule has 2 rings (SSSR count). The van der Waals surface area contributed by atoms with Crippen LogP contribution in [-0.4, -0.2) is 43.5 Å². The quantitative estimate of drug-likeness (QED) is 0.826. The first-order chi connectivity index (χ1) is 10.2. The van der Waals surface area contributed by atoms with Gasteiger partial charge in [-0.3, -0.25) is 9.69 Å². The minimum absolute atomic E-state index is 0.0669. The average Bonchev–Trinajstić information content (AvgIpc) is 2.45. The van der Waals surface area contributed by atoms with Gasteiger partial charge in [0.15, 0.2) is 0 Å². The summed E-state index contributed by atoms with van der Waals surface area (Å²) in [6, 6.07) is 7.70. The average molecular weight is 354 g/mol. The number of carbonyl (C=O) groups is 1. The van der Waals surface area contributed by atoms with Gasteiger partial charge in [0.1, 0.15) is 0 Å². The summed E-state index contributed by atoms with van der Waals surface area (Å²) in [5.74, 6) is 0.731. The van der Waals surface area contributed by atoms with Crippen LogP contribution in [0.4, 0.5) is 5.69 Å². The number of anilines is 1. The van der Waals surface area contributed by atoms with Crippen molar-refractivity contribution in [3.05, 3.63) is 28.7 Å². The number of carbonyl (C=O) groups excluding carboxylic acids is 1. The van der Waals surface area contributed by atoms with Crippen molar-refractivity contribution in [2.75, 3.05) is 38.0 Å². The van der Waals surface area contributed by atoms with E-state index >= 15 is 0 Å². The largest absolute Gasteiger partial charge is 0.325 e. The van der Waals surface area contributed by atoms with E-state index in [4.69, 9.17) is 0 Å². The molecule has 1 amide bonds. The molecule has 5 heteroatoms. The predicted molar refractivity (Wildman–Crippen MR) is 90.5 cm³/mol. The first kappa shape index (κ1) is 16.5. The Balaban J connectivity index is 1.79. The highest BCUT2D eigenvalue weighted by Crippen LogP contribution is 2.17. The number of amides is 1. The van der Waals surface area contributed by atoms with Crippen LogP contribution in [0, 0.1) is 5.92 Å². The number of nitrogens with zero attached hydrogens (tertiary/aromatic N) is 1. The third-order valence-corrected chi connectivity index (χ3v) is 4.25. The molecule has 0 bridgehead atoms. The van der Waals surface area contributed by atoms with Crippen molar-refractivity contribution >= 4 is 27.5 Å². The van der Waals surface area contributed by atoms with Crippen LogP contribution in [0.15, 0.2) is 28.7 Å². The van der Waals surface area contributed by atoms with Gasteiger partial charge in [-0.1, -0.05) is 28.9 Å². The van der Waals surface area contributed by atoms with Crippen molar-refractivity contribution in [2.45, 2.75) is 19.8 Å². The molecule has 1 aromatic rings. The summed E-state index contributed by atoms with van der Waals surface area (Å²) in [5.41, 5.74) is 0.843. The van der Waals surface area contributed by atoms with Crippen molar-refractivity contribution in [1.29, 1.82) is 0 Å². The van der Waals surface area contributed by atoms with Crippen molar-refractivity contribution in [1.82, 2.24) is 10.2 Å². The zero-order chi connectivity index (χ0) is 15.1. The number of benzene rings is 1. The smallest absolute Gasteiger partial charge is 0.238 e. The maximum absolute atomic E-state index is 12.1. The molecule has 4 nitrogen and oxygen atoms in total. The second kappa shape index (κ2) is 8.51. The Morgan fingerprint density at radius 3 is 3.10 bits per heavy atom. The summed E-state index contributed by atoms with van der Waals surface area (Å²) in [7, 11) is 0. The molecule has 116 valence electrons. The van der Waals surface area contributed by atoms with E-state index in [0.717, 1.165) is 36.3 Å². The van der Waals surface area contributed by atoms with E-state index in [2.05, 4.69) is 38.4 Å². The number of halogens is 1. The second-order valence-electron chi connectivity index (χ2n) is 5.61. The molecule has 0 spiro atoms. The summed E-state index contributed by atoms with van der Waals surface area (Å²) >= 11 is 3.41. The Hall–Kier alpha value is -0.910. The van der Waals surface area contributed by atoms with Gasteiger partial charge in [-0.2, -0.15) is 0 Å². The topological polar surface area (TPSA) is 44.4 Å². The number of likely N-dealkylation sites (tertiary alicyclic amines) is 1. The van der Waals surface area contributed by atoms with Crippen LogP contribution in [0.1, 0.15) is 19.8 Å². The van der Waals surface area contributed by atoms with Crippen LogP contribution >= 0.6 is 15.9 Å². The molecule has 0 aromatic heterocycles. The Morgan fingerprint density at radius 2 is 2.33 bits per heavy atom. The molecule has 1 aromatic carbocycles. The molecule has 1 aliphatic rings. The Bertz CT molecular complexity index is 467. The third-order valence-electron chi connectivity index (χ3n) is 3.76. The molecule has 1 heterocycles. The van der Waals surface area contributed by atoms with Crippen molar-refractivity contribution in [2.24, 2.45) is 5.92 Å². The highest BCUT2D eigenvalue weighted by Gasteiger charge is 2.21. The van der Waals surface area contributed by atoms with Crippen LogP contribution in [-0.2, 0) is 4.79 Å². The first-order valence-corrected chi connectivity index (χ1v) is 8.45. The van der Waals surface area contributed by atoms with Gasteiger partial charge in [-0.25, -0.2) is 0 Å². The monoisotopic (exact) mass is 353 g/mol. The zero-order valence-corrected chi connectivity index (χ0v) is 14.2. The summed E-state index contributed by atoms with van der Waals surface area (Å²) in [6.07, 6.45) is 2.44. The number of hydrogen-bond donors (Lipinski definition) is 2. The van der Waals surface area contributed by atoms with Crippen LogP contribution in [0.5, 0.6) is 0 Å². The molecule has 1 saturated heterocycles. The summed E-state index contributed by atoms with van der Waals surface area (Å²) < 4.78 is 0.976. The fourth-order valence-corrected chi connectivity index (χ4v) is 3.18. The minimum Gasteiger partial charge on any atom is -0.325 e. The normalized spacial score (nSPS) is 19.4. The molecule has 1 atom stereocenters. The van der Waals surface area contributed by atoms with Gasteiger partial charge in [0, 0.05) is 16.7 Å². The maximum Gasteiger partial charge on any atom is 0.238 e. The highest BCUT2D eigenvalue weighted by molar-refractivity contribution is 9.10. The molecule has 0 saturated carbocycles. The van der Waals surface area contributed by atoms with E-state index in [1.807, 2.05) is 24.3 Å². The van der Waals surface area contributed by atoms with E-state index in [1.165, 1.54) is 12.8 Å². The number of nitrogens with one attached hydrogen (secondary N) is 2. The third kappa shape index (κ3) is 5.77. The van der Waals surface area contributed by atoms with Gasteiger partial charge >= 0.3 is 0 Å². The molecule has 1 unspecified atom stereocenters. The Morgan fingerprint density at radius 1 is 1.48 bits per heavy atom. The molecule has 21 heavy (non-hydrogen) atoms. The lowest BCUT2D eigenvalue weighted by atomic mass is 9.98. The molecule has 0 radical (unpaired) electrons. The second-order valence-corrected chi connectivity index (χ2v) is 6.53. The Labute approximate surface area is 135 Å².